The van der Waals surface area contributed by atoms with E-state index in [1.165, 1.54) is 21.7 Å². The number of ether oxygens (including phenoxy) is 1. The Morgan fingerprint density at radius 1 is 1.41 bits per heavy atom. The van der Waals surface area contributed by atoms with Crippen LogP contribution in [-0.4, -0.2) is 75.7 Å². The second-order valence-electron chi connectivity index (χ2n) is 7.49. The highest BCUT2D eigenvalue weighted by Gasteiger charge is 2.38. The van der Waals surface area contributed by atoms with Crippen LogP contribution in [0.1, 0.15) is 26.3 Å². The molecule has 0 bridgehead atoms. The predicted molar refractivity (Wildman–Crippen MR) is 113 cm³/mol. The Morgan fingerprint density at radius 3 is 2.62 bits per heavy atom. The zero-order chi connectivity index (χ0) is 22.0. The van der Waals surface area contributed by atoms with Gasteiger partial charge in [-0.05, 0) is 31.5 Å². The molecular weight excluding hydrogens is 416 g/mol. The number of hydrogen-bond acceptors (Lipinski definition) is 6. The number of allylic oxidation sites excluding steroid dienone is 1. The van der Waals surface area contributed by atoms with Gasteiger partial charge >= 0.3 is 0 Å². The van der Waals surface area contributed by atoms with Gasteiger partial charge in [0, 0.05) is 25.6 Å². The third-order valence-corrected chi connectivity index (χ3v) is 8.35. The topological polar surface area (TPSA) is 104 Å². The normalized spacial score (nSPS) is 24.0. The smallest absolute Gasteiger partial charge is 0.247 e. The second-order valence-corrected chi connectivity index (χ2v) is 11.4. The van der Waals surface area contributed by atoms with Crippen LogP contribution in [0.5, 0.6) is 5.75 Å². The fraction of sp³-hybridized carbons (Fsp3) is 0.579. The fourth-order valence-corrected chi connectivity index (χ4v) is 5.39. The number of fused-ring (bicyclic) bond motifs is 1. The molecule has 1 aromatic carbocycles. The van der Waals surface area contributed by atoms with Crippen molar-refractivity contribution < 1.29 is 26.7 Å². The maximum Gasteiger partial charge on any atom is 0.247 e. The molecule has 1 N–H and O–H groups in total. The number of likely N-dealkylation sites (N-methyl/N-ethyl adjacent to an activating group) is 1. The molecule has 0 aliphatic carbocycles. The van der Waals surface area contributed by atoms with Gasteiger partial charge in [0.1, 0.15) is 16.7 Å². The SMILES string of the molecule is C/C=C/c1ccc2c(c1)O[C@H](CN(C)S(C)(=O)=O)[C@@H](C)CN([C@H](C)CO)S2(=O)=O. The lowest BCUT2D eigenvalue weighted by Crippen LogP contribution is -2.50. The van der Waals surface area contributed by atoms with Crippen LogP contribution in [0, 0.1) is 5.92 Å². The lowest BCUT2D eigenvalue weighted by Gasteiger charge is -2.37. The Labute approximate surface area is 173 Å². The van der Waals surface area contributed by atoms with Gasteiger partial charge in [0.2, 0.25) is 20.0 Å². The summed E-state index contributed by atoms with van der Waals surface area (Å²) in [5.41, 5.74) is 0.770. The largest absolute Gasteiger partial charge is 0.487 e. The number of nitrogens with zero attached hydrogens (tertiary/aromatic N) is 2. The van der Waals surface area contributed by atoms with Crippen molar-refractivity contribution >= 4 is 26.1 Å². The Balaban J connectivity index is 2.61. The Morgan fingerprint density at radius 2 is 2.07 bits per heavy atom. The number of aliphatic hydroxyl groups is 1. The number of benzene rings is 1. The minimum absolute atomic E-state index is 0.00459. The third kappa shape index (κ3) is 5.37. The van der Waals surface area contributed by atoms with E-state index in [9.17, 15) is 21.9 Å². The molecule has 1 aliphatic heterocycles. The first-order valence-corrected chi connectivity index (χ1v) is 12.7. The van der Waals surface area contributed by atoms with Crippen molar-refractivity contribution in [3.05, 3.63) is 29.8 Å². The van der Waals surface area contributed by atoms with Gasteiger partial charge in [-0.3, -0.25) is 0 Å². The van der Waals surface area contributed by atoms with Crippen molar-refractivity contribution in [1.82, 2.24) is 8.61 Å². The van der Waals surface area contributed by atoms with Crippen LogP contribution in [-0.2, 0) is 20.0 Å². The van der Waals surface area contributed by atoms with Crippen LogP contribution in [0.2, 0.25) is 0 Å². The molecule has 0 radical (unpaired) electrons. The van der Waals surface area contributed by atoms with Gasteiger partial charge in [-0.25, -0.2) is 21.1 Å². The number of rotatable bonds is 6. The van der Waals surface area contributed by atoms with Gasteiger partial charge in [-0.1, -0.05) is 25.1 Å². The average molecular weight is 447 g/mol. The second kappa shape index (κ2) is 9.13. The van der Waals surface area contributed by atoms with Crippen molar-refractivity contribution in [3.63, 3.8) is 0 Å². The Hall–Kier alpha value is -1.46. The van der Waals surface area contributed by atoms with Gasteiger partial charge in [0.25, 0.3) is 0 Å². The molecule has 1 aromatic rings. The van der Waals surface area contributed by atoms with E-state index in [1.807, 2.05) is 26.0 Å². The molecule has 29 heavy (non-hydrogen) atoms. The first kappa shape index (κ1) is 23.8. The average Bonchev–Trinajstić information content (AvgIpc) is 2.63. The quantitative estimate of drug-likeness (QED) is 0.708. The summed E-state index contributed by atoms with van der Waals surface area (Å²) >= 11 is 0. The minimum Gasteiger partial charge on any atom is -0.487 e. The number of aliphatic hydroxyl groups excluding tert-OH is 1. The summed E-state index contributed by atoms with van der Waals surface area (Å²) in [5, 5.41) is 9.61. The van der Waals surface area contributed by atoms with E-state index in [1.54, 1.807) is 19.1 Å². The molecule has 164 valence electrons. The maximum absolute atomic E-state index is 13.3. The number of hydrogen-bond donors (Lipinski definition) is 1. The summed E-state index contributed by atoms with van der Waals surface area (Å²) < 4.78 is 58.9. The van der Waals surface area contributed by atoms with E-state index < -0.39 is 32.2 Å². The summed E-state index contributed by atoms with van der Waals surface area (Å²) in [6.07, 6.45) is 4.20. The molecule has 0 amide bonds. The van der Waals surface area contributed by atoms with Crippen LogP contribution in [0.4, 0.5) is 0 Å². The molecule has 8 nitrogen and oxygen atoms in total. The molecule has 0 unspecified atom stereocenters. The Bertz CT molecular complexity index is 959. The first-order chi connectivity index (χ1) is 13.4. The maximum atomic E-state index is 13.3. The van der Waals surface area contributed by atoms with E-state index in [-0.39, 0.29) is 36.3 Å². The molecule has 1 aliphatic rings. The highest BCUT2D eigenvalue weighted by Crippen LogP contribution is 2.34. The van der Waals surface area contributed by atoms with E-state index in [2.05, 4.69) is 0 Å². The zero-order valence-electron chi connectivity index (χ0n) is 17.4. The minimum atomic E-state index is -3.91. The molecule has 0 saturated carbocycles. The van der Waals surface area contributed by atoms with Gasteiger partial charge in [-0.15, -0.1) is 0 Å². The van der Waals surface area contributed by atoms with Crippen molar-refractivity contribution in [2.45, 2.75) is 37.8 Å². The number of sulfonamides is 2. The van der Waals surface area contributed by atoms with Crippen molar-refractivity contribution in [1.29, 1.82) is 0 Å². The zero-order valence-corrected chi connectivity index (χ0v) is 19.1. The molecular formula is C19H30N2O6S2. The standard InChI is InChI=1S/C19H30N2O6S2/c1-6-7-16-8-9-19-17(10-16)27-18(12-20(4)28(5,23)24)14(2)11-21(15(3)13-22)29(19,25)26/h6-10,14-15,18,22H,11-13H2,1-5H3/b7-6+/t14-,15+,18+/m0/s1. The molecule has 1 heterocycles. The van der Waals surface area contributed by atoms with E-state index in [0.717, 1.165) is 11.8 Å². The van der Waals surface area contributed by atoms with Gasteiger partial charge in [0.15, 0.2) is 0 Å². The van der Waals surface area contributed by atoms with Crippen LogP contribution >= 0.6 is 0 Å². The van der Waals surface area contributed by atoms with E-state index in [4.69, 9.17) is 4.74 Å². The van der Waals surface area contributed by atoms with Crippen LogP contribution in [0.25, 0.3) is 6.08 Å². The molecule has 3 atom stereocenters. The highest BCUT2D eigenvalue weighted by atomic mass is 32.2. The van der Waals surface area contributed by atoms with Crippen LogP contribution in [0.3, 0.4) is 0 Å². The summed E-state index contributed by atoms with van der Waals surface area (Å²) in [5.74, 6) is -0.143. The summed E-state index contributed by atoms with van der Waals surface area (Å²) in [6, 6.07) is 4.19. The lowest BCUT2D eigenvalue weighted by atomic mass is 10.0. The van der Waals surface area contributed by atoms with Gasteiger partial charge < -0.3 is 9.84 Å². The highest BCUT2D eigenvalue weighted by molar-refractivity contribution is 7.89. The summed E-state index contributed by atoms with van der Waals surface area (Å²) in [4.78, 5) is 0.00459. The summed E-state index contributed by atoms with van der Waals surface area (Å²) in [7, 11) is -5.87. The third-order valence-electron chi connectivity index (χ3n) is 5.05. The molecule has 2 rings (SSSR count). The van der Waals surface area contributed by atoms with Gasteiger partial charge in [0.05, 0.1) is 19.4 Å². The fourth-order valence-electron chi connectivity index (χ4n) is 3.14. The van der Waals surface area contributed by atoms with Crippen molar-refractivity contribution in [2.24, 2.45) is 5.92 Å². The molecule has 0 saturated heterocycles. The molecule has 10 heteroatoms. The van der Waals surface area contributed by atoms with Crippen LogP contribution < -0.4 is 4.74 Å². The van der Waals surface area contributed by atoms with Crippen LogP contribution in [0.15, 0.2) is 29.2 Å². The predicted octanol–water partition coefficient (Wildman–Crippen LogP) is 1.38. The molecule has 0 aromatic heterocycles. The first-order valence-electron chi connectivity index (χ1n) is 9.39. The lowest BCUT2D eigenvalue weighted by molar-refractivity contribution is 0.0905. The Kier molecular flexibility index (Phi) is 7.50. The van der Waals surface area contributed by atoms with Crippen molar-refractivity contribution in [2.75, 3.05) is 33.0 Å². The molecule has 0 spiro atoms. The van der Waals surface area contributed by atoms with Gasteiger partial charge in [-0.2, -0.15) is 4.31 Å². The summed E-state index contributed by atoms with van der Waals surface area (Å²) in [6.45, 7) is 5.15. The molecule has 0 fully saturated rings. The van der Waals surface area contributed by atoms with E-state index >= 15 is 0 Å². The van der Waals surface area contributed by atoms with Crippen molar-refractivity contribution in [3.8, 4) is 5.75 Å². The van der Waals surface area contributed by atoms with E-state index in [0.29, 0.717) is 0 Å². The monoisotopic (exact) mass is 446 g/mol.